The van der Waals surface area contributed by atoms with Crippen LogP contribution < -0.4 is 5.32 Å². The number of methoxy groups -OCH3 is 1. The Labute approximate surface area is 137 Å². The second kappa shape index (κ2) is 7.95. The predicted octanol–water partition coefficient (Wildman–Crippen LogP) is 2.50. The number of carbonyl (C=O) groups excluding carboxylic acids is 1. The molecule has 0 bridgehead atoms. The van der Waals surface area contributed by atoms with Crippen molar-refractivity contribution in [2.75, 3.05) is 33.9 Å². The van der Waals surface area contributed by atoms with Gasteiger partial charge in [-0.25, -0.2) is 0 Å². The Kier molecular flexibility index (Phi) is 6.24. The molecule has 122 valence electrons. The second-order valence-corrected chi connectivity index (χ2v) is 6.44. The molecular weight excluding hydrogens is 300 g/mol. The quantitative estimate of drug-likeness (QED) is 0.874. The molecule has 1 fully saturated rings. The molecular formula is C17H25ClN2O2. The van der Waals surface area contributed by atoms with Crippen LogP contribution in [0.2, 0.25) is 5.02 Å². The minimum Gasteiger partial charge on any atom is -0.384 e. The lowest BCUT2D eigenvalue weighted by atomic mass is 9.82. The van der Waals surface area contributed by atoms with Crippen LogP contribution in [0.25, 0.3) is 0 Å². The van der Waals surface area contributed by atoms with Crippen molar-refractivity contribution < 1.29 is 9.53 Å². The summed E-state index contributed by atoms with van der Waals surface area (Å²) in [7, 11) is 3.54. The van der Waals surface area contributed by atoms with Gasteiger partial charge in [-0.05, 0) is 43.5 Å². The molecule has 0 radical (unpaired) electrons. The maximum atomic E-state index is 12.4. The highest BCUT2D eigenvalue weighted by molar-refractivity contribution is 6.30. The van der Waals surface area contributed by atoms with Gasteiger partial charge in [0.05, 0.1) is 18.6 Å². The van der Waals surface area contributed by atoms with Crippen LogP contribution in [0.1, 0.15) is 24.8 Å². The Hall–Kier alpha value is -1.10. The maximum absolute atomic E-state index is 12.4. The number of amides is 1. The zero-order valence-corrected chi connectivity index (χ0v) is 14.2. The van der Waals surface area contributed by atoms with E-state index in [4.69, 9.17) is 16.3 Å². The van der Waals surface area contributed by atoms with Gasteiger partial charge in [-0.2, -0.15) is 0 Å². The molecule has 1 saturated heterocycles. The highest BCUT2D eigenvalue weighted by Crippen LogP contribution is 2.28. The van der Waals surface area contributed by atoms with E-state index in [1.54, 1.807) is 7.11 Å². The van der Waals surface area contributed by atoms with Gasteiger partial charge in [-0.3, -0.25) is 4.79 Å². The van der Waals surface area contributed by atoms with Gasteiger partial charge >= 0.3 is 0 Å². The van der Waals surface area contributed by atoms with Gasteiger partial charge in [-0.15, -0.1) is 0 Å². The molecule has 1 heterocycles. The molecule has 5 heteroatoms. The SMILES string of the molecule is COCCC(=O)N(C)[C@@]1(Cc2ccc(Cl)cc2)CCCNC1. The molecule has 4 nitrogen and oxygen atoms in total. The number of hydrogen-bond acceptors (Lipinski definition) is 3. The molecule has 0 aromatic heterocycles. The van der Waals surface area contributed by atoms with Crippen LogP contribution in [-0.4, -0.2) is 50.2 Å². The molecule has 1 N–H and O–H groups in total. The summed E-state index contributed by atoms with van der Waals surface area (Å²) in [6.07, 6.45) is 3.36. The van der Waals surface area contributed by atoms with E-state index in [1.807, 2.05) is 36.2 Å². The summed E-state index contributed by atoms with van der Waals surface area (Å²) in [6.45, 7) is 2.31. The Morgan fingerprint density at radius 1 is 1.41 bits per heavy atom. The summed E-state index contributed by atoms with van der Waals surface area (Å²) < 4.78 is 5.04. The van der Waals surface area contributed by atoms with E-state index in [0.29, 0.717) is 13.0 Å². The molecule has 1 aromatic carbocycles. The number of likely N-dealkylation sites (N-methyl/N-ethyl adjacent to an activating group) is 1. The lowest BCUT2D eigenvalue weighted by Gasteiger charge is -2.45. The minimum absolute atomic E-state index is 0.138. The first kappa shape index (κ1) is 17.3. The fourth-order valence-corrected chi connectivity index (χ4v) is 3.24. The highest BCUT2D eigenvalue weighted by Gasteiger charge is 2.38. The van der Waals surface area contributed by atoms with E-state index in [0.717, 1.165) is 37.4 Å². The molecule has 0 unspecified atom stereocenters. The topological polar surface area (TPSA) is 41.6 Å². The third-order valence-corrected chi connectivity index (χ3v) is 4.75. The summed E-state index contributed by atoms with van der Waals surface area (Å²) in [4.78, 5) is 14.4. The number of hydrogen-bond donors (Lipinski definition) is 1. The van der Waals surface area contributed by atoms with Crippen molar-refractivity contribution in [2.45, 2.75) is 31.2 Å². The Bertz CT molecular complexity index is 484. The number of nitrogens with one attached hydrogen (secondary N) is 1. The third-order valence-electron chi connectivity index (χ3n) is 4.50. The third kappa shape index (κ3) is 4.22. The summed E-state index contributed by atoms with van der Waals surface area (Å²) >= 11 is 5.97. The van der Waals surface area contributed by atoms with Gasteiger partial charge in [0, 0.05) is 25.7 Å². The molecule has 1 aliphatic heterocycles. The molecule has 1 atom stereocenters. The normalized spacial score (nSPS) is 21.6. The summed E-state index contributed by atoms with van der Waals surface area (Å²) in [5.74, 6) is 0.138. The van der Waals surface area contributed by atoms with Crippen LogP contribution in [0.4, 0.5) is 0 Å². The Morgan fingerprint density at radius 2 is 2.14 bits per heavy atom. The zero-order valence-electron chi connectivity index (χ0n) is 13.4. The predicted molar refractivity (Wildman–Crippen MR) is 89.3 cm³/mol. The number of rotatable bonds is 6. The number of piperidine rings is 1. The van der Waals surface area contributed by atoms with Gasteiger partial charge < -0.3 is 15.0 Å². The highest BCUT2D eigenvalue weighted by atomic mass is 35.5. The van der Waals surface area contributed by atoms with Crippen LogP contribution in [0.3, 0.4) is 0 Å². The second-order valence-electron chi connectivity index (χ2n) is 6.00. The molecule has 2 rings (SSSR count). The van der Waals surface area contributed by atoms with Gasteiger partial charge in [0.1, 0.15) is 0 Å². The van der Waals surface area contributed by atoms with Crippen molar-refractivity contribution in [1.29, 1.82) is 0 Å². The van der Waals surface area contributed by atoms with Crippen molar-refractivity contribution in [3.8, 4) is 0 Å². The fraction of sp³-hybridized carbons (Fsp3) is 0.588. The molecule has 0 saturated carbocycles. The standard InChI is InChI=1S/C17H25ClN2O2/c1-20(16(21)8-11-22-2)17(9-3-10-19-13-17)12-14-4-6-15(18)7-5-14/h4-7,19H,3,8-13H2,1-2H3/t17-/m1/s1. The lowest BCUT2D eigenvalue weighted by Crippen LogP contribution is -2.59. The first-order chi connectivity index (χ1) is 10.6. The first-order valence-electron chi connectivity index (χ1n) is 7.78. The molecule has 22 heavy (non-hydrogen) atoms. The Balaban J connectivity index is 2.15. The van der Waals surface area contributed by atoms with Gasteiger partial charge in [-0.1, -0.05) is 23.7 Å². The minimum atomic E-state index is -0.170. The van der Waals surface area contributed by atoms with Crippen molar-refractivity contribution in [3.63, 3.8) is 0 Å². The number of halogens is 1. The number of ether oxygens (including phenoxy) is 1. The number of benzene rings is 1. The number of carbonyl (C=O) groups is 1. The van der Waals surface area contributed by atoms with Crippen molar-refractivity contribution >= 4 is 17.5 Å². The molecule has 1 aromatic rings. The average Bonchev–Trinajstić information content (AvgIpc) is 2.55. The summed E-state index contributed by atoms with van der Waals surface area (Å²) in [6, 6.07) is 7.92. The van der Waals surface area contributed by atoms with Crippen LogP contribution in [0.15, 0.2) is 24.3 Å². The van der Waals surface area contributed by atoms with Crippen molar-refractivity contribution in [2.24, 2.45) is 0 Å². The van der Waals surface area contributed by atoms with Crippen LogP contribution in [0.5, 0.6) is 0 Å². The van der Waals surface area contributed by atoms with E-state index in [-0.39, 0.29) is 11.4 Å². The van der Waals surface area contributed by atoms with E-state index in [2.05, 4.69) is 5.32 Å². The molecule has 0 spiro atoms. The van der Waals surface area contributed by atoms with Gasteiger partial charge in [0.25, 0.3) is 0 Å². The van der Waals surface area contributed by atoms with E-state index < -0.39 is 0 Å². The van der Waals surface area contributed by atoms with E-state index >= 15 is 0 Å². The molecule has 0 aliphatic carbocycles. The number of nitrogens with zero attached hydrogens (tertiary/aromatic N) is 1. The van der Waals surface area contributed by atoms with E-state index in [1.165, 1.54) is 5.56 Å². The maximum Gasteiger partial charge on any atom is 0.225 e. The molecule has 1 amide bonds. The monoisotopic (exact) mass is 324 g/mol. The van der Waals surface area contributed by atoms with Gasteiger partial charge in [0.15, 0.2) is 0 Å². The van der Waals surface area contributed by atoms with Crippen molar-refractivity contribution in [1.82, 2.24) is 10.2 Å². The summed E-state index contributed by atoms with van der Waals surface area (Å²) in [5.41, 5.74) is 1.04. The van der Waals surface area contributed by atoms with Crippen LogP contribution in [-0.2, 0) is 16.0 Å². The zero-order chi connectivity index (χ0) is 16.0. The summed E-state index contributed by atoms with van der Waals surface area (Å²) in [5, 5.41) is 4.19. The average molecular weight is 325 g/mol. The molecule has 1 aliphatic rings. The van der Waals surface area contributed by atoms with E-state index in [9.17, 15) is 4.79 Å². The lowest BCUT2D eigenvalue weighted by molar-refractivity contribution is -0.137. The van der Waals surface area contributed by atoms with Gasteiger partial charge in [0.2, 0.25) is 5.91 Å². The fourth-order valence-electron chi connectivity index (χ4n) is 3.11. The van der Waals surface area contributed by atoms with Crippen LogP contribution in [0, 0.1) is 0 Å². The largest absolute Gasteiger partial charge is 0.384 e. The Morgan fingerprint density at radius 3 is 2.73 bits per heavy atom. The van der Waals surface area contributed by atoms with Crippen LogP contribution >= 0.6 is 11.6 Å². The smallest absolute Gasteiger partial charge is 0.225 e. The van der Waals surface area contributed by atoms with Crippen molar-refractivity contribution in [3.05, 3.63) is 34.9 Å². The first-order valence-corrected chi connectivity index (χ1v) is 8.16.